The van der Waals surface area contributed by atoms with E-state index in [1.165, 1.54) is 11.3 Å². The predicted octanol–water partition coefficient (Wildman–Crippen LogP) is 3.08. The van der Waals surface area contributed by atoms with Gasteiger partial charge in [-0.15, -0.1) is 11.3 Å². The maximum atomic E-state index is 12.1. The van der Waals surface area contributed by atoms with Gasteiger partial charge in [-0.05, 0) is 37.6 Å². The van der Waals surface area contributed by atoms with E-state index in [4.69, 9.17) is 9.84 Å². The van der Waals surface area contributed by atoms with E-state index in [1.807, 2.05) is 19.9 Å². The summed E-state index contributed by atoms with van der Waals surface area (Å²) in [5, 5.41) is 11.3. The van der Waals surface area contributed by atoms with Crippen LogP contribution >= 0.6 is 11.3 Å². The average Bonchev–Trinajstić information content (AvgIpc) is 2.77. The normalized spacial score (nSPS) is 10.2. The first-order valence-electron chi connectivity index (χ1n) is 6.29. The van der Waals surface area contributed by atoms with E-state index in [2.05, 4.69) is 5.32 Å². The molecule has 2 rings (SSSR count). The summed E-state index contributed by atoms with van der Waals surface area (Å²) < 4.78 is 5.07. The number of amides is 1. The van der Waals surface area contributed by atoms with E-state index >= 15 is 0 Å². The van der Waals surface area contributed by atoms with E-state index in [0.717, 1.165) is 10.4 Å². The lowest BCUT2D eigenvalue weighted by atomic mass is 10.2. The van der Waals surface area contributed by atoms with Gasteiger partial charge in [0.1, 0.15) is 5.75 Å². The number of aryl methyl sites for hydroxylation is 2. The first-order chi connectivity index (χ1) is 9.95. The Kier molecular flexibility index (Phi) is 4.59. The molecule has 0 aliphatic rings. The Morgan fingerprint density at radius 3 is 2.67 bits per heavy atom. The molecule has 1 aromatic heterocycles. The summed E-state index contributed by atoms with van der Waals surface area (Å²) >= 11 is 1.44. The van der Waals surface area contributed by atoms with Gasteiger partial charge < -0.3 is 15.2 Å². The number of carbonyl (C=O) groups is 2. The third-order valence-electron chi connectivity index (χ3n) is 2.84. The Bertz CT molecular complexity index is 659. The maximum absolute atomic E-state index is 12.1. The zero-order valence-corrected chi connectivity index (χ0v) is 12.5. The molecule has 0 bridgehead atoms. The molecule has 5 nitrogen and oxygen atoms in total. The second-order valence-electron chi connectivity index (χ2n) is 4.51. The highest BCUT2D eigenvalue weighted by Gasteiger charge is 2.11. The van der Waals surface area contributed by atoms with Crippen LogP contribution < -0.4 is 10.1 Å². The number of hydrogen-bond acceptors (Lipinski definition) is 4. The number of aliphatic carboxylic acids is 1. The summed E-state index contributed by atoms with van der Waals surface area (Å²) in [5.41, 5.74) is 1.65. The van der Waals surface area contributed by atoms with E-state index in [0.29, 0.717) is 16.3 Å². The zero-order valence-electron chi connectivity index (χ0n) is 11.7. The van der Waals surface area contributed by atoms with Crippen LogP contribution in [0.2, 0.25) is 0 Å². The number of thiophene rings is 1. The highest BCUT2D eigenvalue weighted by atomic mass is 32.1. The lowest BCUT2D eigenvalue weighted by Crippen LogP contribution is -2.11. The molecule has 0 unspecified atom stereocenters. The van der Waals surface area contributed by atoms with Crippen molar-refractivity contribution >= 4 is 28.9 Å². The molecular weight excluding hydrogens is 290 g/mol. The van der Waals surface area contributed by atoms with Gasteiger partial charge in [0.2, 0.25) is 0 Å². The number of carboxylic acid groups (broad SMARTS) is 1. The average molecular weight is 305 g/mol. The van der Waals surface area contributed by atoms with E-state index in [-0.39, 0.29) is 5.91 Å². The van der Waals surface area contributed by atoms with Gasteiger partial charge in [0.15, 0.2) is 6.61 Å². The van der Waals surface area contributed by atoms with Gasteiger partial charge in [0.05, 0.1) is 4.88 Å². The van der Waals surface area contributed by atoms with Gasteiger partial charge in [0, 0.05) is 16.6 Å². The molecule has 2 N–H and O–H groups in total. The molecule has 0 atom stereocenters. The minimum Gasteiger partial charge on any atom is -0.482 e. The third-order valence-corrected chi connectivity index (χ3v) is 4.00. The highest BCUT2D eigenvalue weighted by molar-refractivity contribution is 7.14. The van der Waals surface area contributed by atoms with Gasteiger partial charge in [-0.3, -0.25) is 4.79 Å². The third kappa shape index (κ3) is 4.06. The number of ether oxygens (including phenoxy) is 1. The Balaban J connectivity index is 2.07. The van der Waals surface area contributed by atoms with Crippen molar-refractivity contribution in [3.8, 4) is 5.75 Å². The molecule has 0 aliphatic carbocycles. The molecule has 0 aliphatic heterocycles. The molecule has 1 aromatic carbocycles. The fraction of sp³-hybridized carbons (Fsp3) is 0.200. The van der Waals surface area contributed by atoms with Crippen LogP contribution in [0, 0.1) is 13.8 Å². The molecule has 2 aromatic rings. The molecular formula is C15H15NO4S. The monoisotopic (exact) mass is 305 g/mol. The second kappa shape index (κ2) is 6.41. The van der Waals surface area contributed by atoms with Crippen LogP contribution in [0.15, 0.2) is 30.3 Å². The number of anilines is 1. The predicted molar refractivity (Wildman–Crippen MR) is 81.3 cm³/mol. The van der Waals surface area contributed by atoms with Crippen molar-refractivity contribution in [2.75, 3.05) is 11.9 Å². The van der Waals surface area contributed by atoms with Gasteiger partial charge in [-0.2, -0.15) is 0 Å². The van der Waals surface area contributed by atoms with Crippen molar-refractivity contribution in [3.63, 3.8) is 0 Å². The van der Waals surface area contributed by atoms with Crippen molar-refractivity contribution in [2.45, 2.75) is 13.8 Å². The van der Waals surface area contributed by atoms with Crippen LogP contribution in [0.4, 0.5) is 5.69 Å². The summed E-state index contributed by atoms with van der Waals surface area (Å²) in [4.78, 5) is 24.3. The first-order valence-corrected chi connectivity index (χ1v) is 7.10. The van der Waals surface area contributed by atoms with E-state index in [9.17, 15) is 9.59 Å². The summed E-state index contributed by atoms with van der Waals surface area (Å²) in [7, 11) is 0. The van der Waals surface area contributed by atoms with Crippen LogP contribution in [0.5, 0.6) is 5.75 Å². The minimum absolute atomic E-state index is 0.188. The number of benzene rings is 1. The fourth-order valence-corrected chi connectivity index (χ4v) is 2.62. The van der Waals surface area contributed by atoms with Gasteiger partial charge in [0.25, 0.3) is 5.91 Å². The van der Waals surface area contributed by atoms with Crippen LogP contribution in [-0.2, 0) is 4.79 Å². The summed E-state index contributed by atoms with van der Waals surface area (Å²) in [6.45, 7) is 3.51. The Hall–Kier alpha value is -2.34. The summed E-state index contributed by atoms with van der Waals surface area (Å²) in [6, 6.07) is 8.49. The first kappa shape index (κ1) is 15.1. The van der Waals surface area contributed by atoms with Crippen molar-refractivity contribution in [3.05, 3.63) is 45.6 Å². The quantitative estimate of drug-likeness (QED) is 0.890. The summed E-state index contributed by atoms with van der Waals surface area (Å²) in [5.74, 6) is -0.839. The molecule has 0 fully saturated rings. The second-order valence-corrected chi connectivity index (χ2v) is 5.77. The topological polar surface area (TPSA) is 75.6 Å². The molecule has 0 saturated carbocycles. The number of carbonyl (C=O) groups excluding carboxylic acids is 1. The SMILES string of the molecule is Cc1cc(C(=O)Nc2cccc(OCC(=O)O)c2)sc1C. The lowest BCUT2D eigenvalue weighted by molar-refractivity contribution is -0.139. The fourth-order valence-electron chi connectivity index (χ4n) is 1.69. The molecule has 0 saturated heterocycles. The highest BCUT2D eigenvalue weighted by Crippen LogP contribution is 2.23. The van der Waals surface area contributed by atoms with Crippen LogP contribution in [0.25, 0.3) is 0 Å². The number of hydrogen-bond donors (Lipinski definition) is 2. The van der Waals surface area contributed by atoms with Crippen molar-refractivity contribution in [1.82, 2.24) is 0 Å². The van der Waals surface area contributed by atoms with Crippen molar-refractivity contribution in [1.29, 1.82) is 0 Å². The van der Waals surface area contributed by atoms with Gasteiger partial charge >= 0.3 is 5.97 Å². The zero-order chi connectivity index (χ0) is 15.4. The minimum atomic E-state index is -1.05. The van der Waals surface area contributed by atoms with Crippen molar-refractivity contribution in [2.24, 2.45) is 0 Å². The molecule has 1 heterocycles. The molecule has 6 heteroatoms. The summed E-state index contributed by atoms with van der Waals surface area (Å²) in [6.07, 6.45) is 0. The molecule has 0 radical (unpaired) electrons. The maximum Gasteiger partial charge on any atom is 0.341 e. The van der Waals surface area contributed by atoms with E-state index in [1.54, 1.807) is 24.3 Å². The molecule has 21 heavy (non-hydrogen) atoms. The van der Waals surface area contributed by atoms with E-state index < -0.39 is 12.6 Å². The lowest BCUT2D eigenvalue weighted by Gasteiger charge is -2.07. The number of nitrogens with one attached hydrogen (secondary N) is 1. The largest absolute Gasteiger partial charge is 0.482 e. The van der Waals surface area contributed by atoms with Gasteiger partial charge in [-0.25, -0.2) is 4.79 Å². The Morgan fingerprint density at radius 2 is 2.05 bits per heavy atom. The van der Waals surface area contributed by atoms with Gasteiger partial charge in [-0.1, -0.05) is 6.07 Å². The smallest absolute Gasteiger partial charge is 0.341 e. The molecule has 0 spiro atoms. The van der Waals surface area contributed by atoms with Crippen molar-refractivity contribution < 1.29 is 19.4 Å². The Morgan fingerprint density at radius 1 is 1.29 bits per heavy atom. The molecule has 1 amide bonds. The standard InChI is InChI=1S/C15H15NO4S/c1-9-6-13(21-10(9)2)15(19)16-11-4-3-5-12(7-11)20-8-14(17)18/h3-7H,8H2,1-2H3,(H,16,19)(H,17,18). The molecule has 110 valence electrons. The van der Waals surface area contributed by atoms with Crippen LogP contribution in [0.1, 0.15) is 20.1 Å². The number of rotatable bonds is 5. The van der Waals surface area contributed by atoms with Crippen LogP contribution in [-0.4, -0.2) is 23.6 Å². The Labute approximate surface area is 126 Å². The van der Waals surface area contributed by atoms with Crippen LogP contribution in [0.3, 0.4) is 0 Å². The number of carboxylic acids is 1.